The van der Waals surface area contributed by atoms with Crippen LogP contribution in [0.1, 0.15) is 42.9 Å². The number of hydrogen-bond acceptors (Lipinski definition) is 6. The summed E-state index contributed by atoms with van der Waals surface area (Å²) in [4.78, 5) is 27.4. The minimum absolute atomic E-state index is 0.0185. The van der Waals surface area contributed by atoms with Crippen molar-refractivity contribution < 1.29 is 9.53 Å². The highest BCUT2D eigenvalue weighted by atomic mass is 35.5. The molecular formula is C29H33ClN6O2. The third kappa shape index (κ3) is 5.60. The predicted molar refractivity (Wildman–Crippen MR) is 151 cm³/mol. The van der Waals surface area contributed by atoms with Gasteiger partial charge in [0.25, 0.3) is 5.91 Å². The topological polar surface area (TPSA) is 76.4 Å². The lowest BCUT2D eigenvalue weighted by molar-refractivity contribution is 0.0766. The summed E-state index contributed by atoms with van der Waals surface area (Å²) in [7, 11) is 1.61. The molecule has 198 valence electrons. The van der Waals surface area contributed by atoms with E-state index in [0.717, 1.165) is 54.2 Å². The molecule has 0 N–H and O–H groups in total. The maximum absolute atomic E-state index is 13.3. The molecular weight excluding hydrogens is 500 g/mol. The van der Waals surface area contributed by atoms with Gasteiger partial charge in [0, 0.05) is 43.2 Å². The first-order valence-electron chi connectivity index (χ1n) is 13.1. The van der Waals surface area contributed by atoms with Gasteiger partial charge in [0.05, 0.1) is 24.4 Å². The van der Waals surface area contributed by atoms with Crippen molar-refractivity contribution in [3.63, 3.8) is 0 Å². The number of rotatable bonds is 7. The normalized spacial score (nSPS) is 14.2. The molecule has 0 atom stereocenters. The second-order valence-electron chi connectivity index (χ2n) is 10.0. The second kappa shape index (κ2) is 11.4. The predicted octanol–water partition coefficient (Wildman–Crippen LogP) is 5.42. The molecule has 8 nitrogen and oxygen atoms in total. The summed E-state index contributed by atoms with van der Waals surface area (Å²) in [5.41, 5.74) is 2.27. The first-order chi connectivity index (χ1) is 18.4. The van der Waals surface area contributed by atoms with Gasteiger partial charge < -0.3 is 14.5 Å². The fourth-order valence-corrected chi connectivity index (χ4v) is 4.96. The van der Waals surface area contributed by atoms with E-state index in [4.69, 9.17) is 26.3 Å². The zero-order valence-electron chi connectivity index (χ0n) is 22.1. The van der Waals surface area contributed by atoms with E-state index in [1.165, 1.54) is 0 Å². The van der Waals surface area contributed by atoms with Crippen LogP contribution in [0.15, 0.2) is 54.7 Å². The summed E-state index contributed by atoms with van der Waals surface area (Å²) in [6.45, 7) is 7.17. The Kier molecular flexibility index (Phi) is 7.79. The van der Waals surface area contributed by atoms with Gasteiger partial charge in [0.2, 0.25) is 0 Å². The minimum Gasteiger partial charge on any atom is -0.497 e. The van der Waals surface area contributed by atoms with E-state index in [9.17, 15) is 4.79 Å². The van der Waals surface area contributed by atoms with Crippen LogP contribution in [0.2, 0.25) is 5.02 Å². The lowest BCUT2D eigenvalue weighted by Gasteiger charge is -2.24. The van der Waals surface area contributed by atoms with E-state index in [2.05, 4.69) is 23.8 Å². The van der Waals surface area contributed by atoms with Crippen LogP contribution in [-0.2, 0) is 6.42 Å². The third-order valence-corrected chi connectivity index (χ3v) is 7.09. The van der Waals surface area contributed by atoms with Crippen LogP contribution in [0, 0.1) is 5.92 Å². The summed E-state index contributed by atoms with van der Waals surface area (Å²) in [6, 6.07) is 15.0. The molecule has 1 amide bonds. The Morgan fingerprint density at radius 2 is 1.89 bits per heavy atom. The molecule has 0 aliphatic carbocycles. The Bertz CT molecular complexity index is 1440. The molecule has 3 heterocycles. The molecule has 1 aliphatic rings. The molecule has 1 saturated heterocycles. The van der Waals surface area contributed by atoms with Crippen molar-refractivity contribution in [3.05, 3.63) is 71.1 Å². The number of halogens is 1. The first kappa shape index (κ1) is 26.0. The fourth-order valence-electron chi connectivity index (χ4n) is 4.78. The fraction of sp³-hybridized carbons (Fsp3) is 0.379. The molecule has 2 aromatic carbocycles. The molecule has 38 heavy (non-hydrogen) atoms. The van der Waals surface area contributed by atoms with E-state index in [1.54, 1.807) is 13.2 Å². The zero-order valence-corrected chi connectivity index (χ0v) is 22.9. The molecule has 4 aromatic rings. The maximum Gasteiger partial charge on any atom is 0.254 e. The Morgan fingerprint density at radius 3 is 2.68 bits per heavy atom. The smallest absolute Gasteiger partial charge is 0.254 e. The summed E-state index contributed by atoms with van der Waals surface area (Å²) in [6.07, 6.45) is 4.46. The summed E-state index contributed by atoms with van der Waals surface area (Å²) >= 11 is 6.28. The lowest BCUT2D eigenvalue weighted by Crippen LogP contribution is -2.35. The van der Waals surface area contributed by atoms with Crippen LogP contribution in [0.25, 0.3) is 16.7 Å². The first-order valence-corrected chi connectivity index (χ1v) is 13.5. The minimum atomic E-state index is 0.0185. The average Bonchev–Trinajstić information content (AvgIpc) is 3.20. The van der Waals surface area contributed by atoms with Gasteiger partial charge in [-0.15, -0.1) is 0 Å². The number of nitrogens with zero attached hydrogens (tertiary/aromatic N) is 6. The zero-order chi connectivity index (χ0) is 26.6. The van der Waals surface area contributed by atoms with Crippen molar-refractivity contribution in [2.45, 2.75) is 33.1 Å². The van der Waals surface area contributed by atoms with Crippen LogP contribution in [0.3, 0.4) is 0 Å². The van der Waals surface area contributed by atoms with Crippen LogP contribution in [-0.4, -0.2) is 63.8 Å². The van der Waals surface area contributed by atoms with Crippen LogP contribution in [0.4, 0.5) is 5.82 Å². The number of carbonyl (C=O) groups excluding carboxylic acids is 1. The molecule has 5 rings (SSSR count). The number of aryl methyl sites for hydroxylation is 1. The quantitative estimate of drug-likeness (QED) is 0.316. The van der Waals surface area contributed by atoms with Crippen molar-refractivity contribution in [2.75, 3.05) is 38.2 Å². The number of aromatic nitrogens is 4. The number of anilines is 1. The van der Waals surface area contributed by atoms with Crippen LogP contribution in [0.5, 0.6) is 5.75 Å². The lowest BCUT2D eigenvalue weighted by atomic mass is 10.1. The summed E-state index contributed by atoms with van der Waals surface area (Å²) < 4.78 is 7.15. The molecule has 0 unspecified atom stereocenters. The Labute approximate surface area is 228 Å². The number of amides is 1. The highest BCUT2D eigenvalue weighted by Gasteiger charge is 2.24. The Morgan fingerprint density at radius 1 is 1.05 bits per heavy atom. The molecule has 9 heteroatoms. The van der Waals surface area contributed by atoms with Gasteiger partial charge in [-0.3, -0.25) is 4.79 Å². The molecule has 1 fully saturated rings. The number of hydrogen-bond donors (Lipinski definition) is 0. The number of carbonyl (C=O) groups is 1. The summed E-state index contributed by atoms with van der Waals surface area (Å²) in [5, 5.41) is 6.21. The van der Waals surface area contributed by atoms with E-state index >= 15 is 0 Å². The Hall–Kier alpha value is -3.65. The van der Waals surface area contributed by atoms with Gasteiger partial charge in [-0.2, -0.15) is 5.10 Å². The van der Waals surface area contributed by atoms with Gasteiger partial charge in [-0.25, -0.2) is 14.6 Å². The van der Waals surface area contributed by atoms with Gasteiger partial charge >= 0.3 is 0 Å². The summed E-state index contributed by atoms with van der Waals surface area (Å²) in [5.74, 6) is 2.92. The molecule has 0 radical (unpaired) electrons. The molecule has 0 spiro atoms. The van der Waals surface area contributed by atoms with Gasteiger partial charge in [-0.1, -0.05) is 37.6 Å². The van der Waals surface area contributed by atoms with Crippen molar-refractivity contribution in [2.24, 2.45) is 5.92 Å². The SMILES string of the molecule is COc1cccc(C(=O)N2CCCN(c3nc(CCC(C)C)nc4c3cnn4-c3cccc(Cl)c3)CC2)c1. The molecule has 0 bridgehead atoms. The highest BCUT2D eigenvalue weighted by Crippen LogP contribution is 2.28. The molecule has 2 aromatic heterocycles. The standard InChI is InChI=1S/C29H33ClN6O2/c1-20(2)11-12-26-32-27(25-19-31-36(28(25)33-26)23-9-5-8-22(30)18-23)34-13-6-14-35(16-15-34)29(37)21-7-4-10-24(17-21)38-3/h4-5,7-10,17-20H,6,11-16H2,1-3H3. The molecule has 1 aliphatic heterocycles. The monoisotopic (exact) mass is 532 g/mol. The van der Waals surface area contributed by atoms with Gasteiger partial charge in [0.15, 0.2) is 5.65 Å². The Balaban J connectivity index is 1.45. The number of benzene rings is 2. The van der Waals surface area contributed by atoms with Crippen LogP contribution >= 0.6 is 11.6 Å². The maximum atomic E-state index is 13.3. The van der Waals surface area contributed by atoms with E-state index in [0.29, 0.717) is 41.9 Å². The molecule has 0 saturated carbocycles. The van der Waals surface area contributed by atoms with Crippen LogP contribution < -0.4 is 9.64 Å². The number of methoxy groups -OCH3 is 1. The third-order valence-electron chi connectivity index (χ3n) is 6.85. The van der Waals surface area contributed by atoms with Gasteiger partial charge in [0.1, 0.15) is 17.4 Å². The second-order valence-corrected chi connectivity index (χ2v) is 10.5. The van der Waals surface area contributed by atoms with Crippen molar-refractivity contribution in [1.29, 1.82) is 0 Å². The highest BCUT2D eigenvalue weighted by molar-refractivity contribution is 6.30. The number of ether oxygens (including phenoxy) is 1. The average molecular weight is 533 g/mol. The van der Waals surface area contributed by atoms with E-state index in [1.807, 2.05) is 58.2 Å². The van der Waals surface area contributed by atoms with E-state index in [-0.39, 0.29) is 5.91 Å². The van der Waals surface area contributed by atoms with E-state index < -0.39 is 0 Å². The largest absolute Gasteiger partial charge is 0.497 e. The van der Waals surface area contributed by atoms with Gasteiger partial charge in [-0.05, 0) is 55.2 Å². The van der Waals surface area contributed by atoms with Crippen molar-refractivity contribution >= 4 is 34.4 Å². The van der Waals surface area contributed by atoms with Crippen molar-refractivity contribution in [3.8, 4) is 11.4 Å². The number of fused-ring (bicyclic) bond motifs is 1. The van der Waals surface area contributed by atoms with Crippen molar-refractivity contribution in [1.82, 2.24) is 24.6 Å².